The third-order valence-corrected chi connectivity index (χ3v) is 4.20. The molecule has 1 aliphatic rings. The number of hydrogen-bond acceptors (Lipinski definition) is 4. The van der Waals surface area contributed by atoms with E-state index >= 15 is 0 Å². The van der Waals surface area contributed by atoms with Gasteiger partial charge >= 0.3 is 0 Å². The molecule has 1 aliphatic carbocycles. The summed E-state index contributed by atoms with van der Waals surface area (Å²) in [5.74, 6) is 0. The van der Waals surface area contributed by atoms with Crippen LogP contribution in [0.25, 0.3) is 0 Å². The average molecular weight is 259 g/mol. The lowest BCUT2D eigenvalue weighted by Crippen LogP contribution is -2.50. The van der Waals surface area contributed by atoms with Gasteiger partial charge in [-0.2, -0.15) is 0 Å². The molecule has 3 unspecified atom stereocenters. The summed E-state index contributed by atoms with van der Waals surface area (Å²) in [6.45, 7) is 8.67. The number of aliphatic hydroxyl groups excluding tert-OH is 1. The topological polar surface area (TPSA) is 41.9 Å². The van der Waals surface area contributed by atoms with E-state index in [0.29, 0.717) is 19.3 Å². The molecule has 3 atom stereocenters. The third-order valence-electron chi connectivity index (χ3n) is 4.20. The zero-order chi connectivity index (χ0) is 13.8. The molecular weight excluding hydrogens is 230 g/mol. The predicted molar refractivity (Wildman–Crippen MR) is 72.7 cm³/mol. The van der Waals surface area contributed by atoms with Crippen molar-refractivity contribution in [2.75, 3.05) is 34.0 Å². The number of methoxy groups -OCH3 is 2. The van der Waals surface area contributed by atoms with Gasteiger partial charge in [-0.25, -0.2) is 0 Å². The Morgan fingerprint density at radius 1 is 1.33 bits per heavy atom. The SMILES string of the molecule is COCCN(C(C)COC)C1CCC(C)(C)C1O. The number of rotatable bonds is 7. The van der Waals surface area contributed by atoms with Gasteiger partial charge in [-0.3, -0.25) is 4.90 Å². The number of ether oxygens (including phenoxy) is 2. The molecule has 1 fully saturated rings. The molecule has 0 bridgehead atoms. The summed E-state index contributed by atoms with van der Waals surface area (Å²) in [5.41, 5.74) is 0.0166. The van der Waals surface area contributed by atoms with Crippen molar-refractivity contribution >= 4 is 0 Å². The lowest BCUT2D eigenvalue weighted by atomic mass is 9.88. The molecule has 0 saturated heterocycles. The van der Waals surface area contributed by atoms with Crippen LogP contribution in [0.5, 0.6) is 0 Å². The van der Waals surface area contributed by atoms with Gasteiger partial charge in [-0.15, -0.1) is 0 Å². The number of hydrogen-bond donors (Lipinski definition) is 1. The molecule has 0 aromatic rings. The summed E-state index contributed by atoms with van der Waals surface area (Å²) >= 11 is 0. The van der Waals surface area contributed by atoms with Crippen LogP contribution in [0.4, 0.5) is 0 Å². The summed E-state index contributed by atoms with van der Waals surface area (Å²) in [6.07, 6.45) is 1.85. The van der Waals surface area contributed by atoms with E-state index in [1.165, 1.54) is 0 Å². The predicted octanol–water partition coefficient (Wildman–Crippen LogP) is 1.52. The Bertz CT molecular complexity index is 245. The van der Waals surface area contributed by atoms with Gasteiger partial charge in [0, 0.05) is 32.8 Å². The van der Waals surface area contributed by atoms with Crippen LogP contribution in [-0.4, -0.2) is 62.2 Å². The molecule has 0 amide bonds. The smallest absolute Gasteiger partial charge is 0.0746 e. The van der Waals surface area contributed by atoms with Crippen LogP contribution in [-0.2, 0) is 9.47 Å². The second-order valence-corrected chi connectivity index (χ2v) is 6.07. The molecule has 108 valence electrons. The van der Waals surface area contributed by atoms with E-state index in [4.69, 9.17) is 9.47 Å². The summed E-state index contributed by atoms with van der Waals surface area (Å²) in [4.78, 5) is 2.34. The van der Waals surface area contributed by atoms with E-state index in [2.05, 4.69) is 25.7 Å². The second kappa shape index (κ2) is 6.85. The first-order valence-corrected chi connectivity index (χ1v) is 6.85. The van der Waals surface area contributed by atoms with Crippen LogP contribution in [0.2, 0.25) is 0 Å². The van der Waals surface area contributed by atoms with E-state index in [9.17, 15) is 5.11 Å². The molecule has 1 rings (SSSR count). The first kappa shape index (κ1) is 15.9. The van der Waals surface area contributed by atoms with Crippen LogP contribution in [0.15, 0.2) is 0 Å². The largest absolute Gasteiger partial charge is 0.391 e. The van der Waals surface area contributed by atoms with Gasteiger partial charge in [0.1, 0.15) is 0 Å². The summed E-state index contributed by atoms with van der Waals surface area (Å²) < 4.78 is 10.4. The highest BCUT2D eigenvalue weighted by Gasteiger charge is 2.44. The van der Waals surface area contributed by atoms with Crippen molar-refractivity contribution < 1.29 is 14.6 Å². The first-order chi connectivity index (χ1) is 8.44. The Morgan fingerprint density at radius 3 is 2.44 bits per heavy atom. The average Bonchev–Trinajstić information content (AvgIpc) is 2.57. The molecular formula is C14H29NO3. The van der Waals surface area contributed by atoms with Gasteiger partial charge in [0.15, 0.2) is 0 Å². The number of aliphatic hydroxyl groups is 1. The normalized spacial score (nSPS) is 28.8. The van der Waals surface area contributed by atoms with Gasteiger partial charge in [-0.05, 0) is 25.2 Å². The van der Waals surface area contributed by atoms with Gasteiger partial charge in [-0.1, -0.05) is 13.8 Å². The maximum atomic E-state index is 10.5. The van der Waals surface area contributed by atoms with Gasteiger partial charge in [0.05, 0.1) is 19.3 Å². The summed E-state index contributed by atoms with van der Waals surface area (Å²) in [6, 6.07) is 0.527. The van der Waals surface area contributed by atoms with Crippen LogP contribution in [0.1, 0.15) is 33.6 Å². The quantitative estimate of drug-likeness (QED) is 0.753. The number of nitrogens with zero attached hydrogens (tertiary/aromatic N) is 1. The monoisotopic (exact) mass is 259 g/mol. The zero-order valence-electron chi connectivity index (χ0n) is 12.5. The molecule has 0 aliphatic heterocycles. The first-order valence-electron chi connectivity index (χ1n) is 6.85. The summed E-state index contributed by atoms with van der Waals surface area (Å²) in [5, 5.41) is 10.5. The third kappa shape index (κ3) is 3.67. The Morgan fingerprint density at radius 2 is 2.00 bits per heavy atom. The molecule has 1 N–H and O–H groups in total. The molecule has 18 heavy (non-hydrogen) atoms. The lowest BCUT2D eigenvalue weighted by Gasteiger charge is -2.37. The molecule has 0 spiro atoms. The second-order valence-electron chi connectivity index (χ2n) is 6.07. The van der Waals surface area contributed by atoms with E-state index in [1.54, 1.807) is 14.2 Å². The standard InChI is InChI=1S/C14H29NO3/c1-11(10-18-5)15(8-9-17-4)12-6-7-14(2,3)13(12)16/h11-13,16H,6-10H2,1-5H3. The fourth-order valence-corrected chi connectivity index (χ4v) is 2.94. The Kier molecular flexibility index (Phi) is 6.05. The Balaban J connectivity index is 2.70. The van der Waals surface area contributed by atoms with Crippen molar-refractivity contribution in [3.8, 4) is 0 Å². The van der Waals surface area contributed by atoms with Gasteiger partial charge in [0.2, 0.25) is 0 Å². The highest BCUT2D eigenvalue weighted by Crippen LogP contribution is 2.40. The lowest BCUT2D eigenvalue weighted by molar-refractivity contribution is -0.0214. The zero-order valence-corrected chi connectivity index (χ0v) is 12.5. The molecule has 0 heterocycles. The van der Waals surface area contributed by atoms with E-state index in [0.717, 1.165) is 19.4 Å². The molecule has 4 nitrogen and oxygen atoms in total. The van der Waals surface area contributed by atoms with E-state index < -0.39 is 0 Å². The van der Waals surface area contributed by atoms with Crippen LogP contribution >= 0.6 is 0 Å². The van der Waals surface area contributed by atoms with Crippen molar-refractivity contribution in [3.63, 3.8) is 0 Å². The maximum Gasteiger partial charge on any atom is 0.0746 e. The van der Waals surface area contributed by atoms with Crippen molar-refractivity contribution in [3.05, 3.63) is 0 Å². The van der Waals surface area contributed by atoms with Gasteiger partial charge in [0.25, 0.3) is 0 Å². The minimum absolute atomic E-state index is 0.0166. The maximum absolute atomic E-state index is 10.5. The Hall–Kier alpha value is -0.160. The van der Waals surface area contributed by atoms with Crippen molar-refractivity contribution in [2.24, 2.45) is 5.41 Å². The molecule has 0 aromatic carbocycles. The molecule has 0 radical (unpaired) electrons. The van der Waals surface area contributed by atoms with E-state index in [-0.39, 0.29) is 17.6 Å². The summed E-state index contributed by atoms with van der Waals surface area (Å²) in [7, 11) is 3.44. The fraction of sp³-hybridized carbons (Fsp3) is 1.00. The van der Waals surface area contributed by atoms with Crippen LogP contribution in [0.3, 0.4) is 0 Å². The minimum atomic E-state index is -0.270. The van der Waals surface area contributed by atoms with Crippen LogP contribution in [0, 0.1) is 5.41 Å². The van der Waals surface area contributed by atoms with Crippen LogP contribution < -0.4 is 0 Å². The van der Waals surface area contributed by atoms with Crippen molar-refractivity contribution in [2.45, 2.75) is 51.8 Å². The fourth-order valence-electron chi connectivity index (χ4n) is 2.94. The molecule has 4 heteroatoms. The minimum Gasteiger partial charge on any atom is -0.391 e. The highest BCUT2D eigenvalue weighted by molar-refractivity contribution is 4.97. The van der Waals surface area contributed by atoms with Gasteiger partial charge < -0.3 is 14.6 Å². The Labute approximate surface area is 111 Å². The highest BCUT2D eigenvalue weighted by atomic mass is 16.5. The molecule has 1 saturated carbocycles. The van der Waals surface area contributed by atoms with E-state index in [1.807, 2.05) is 0 Å². The van der Waals surface area contributed by atoms with Crippen molar-refractivity contribution in [1.82, 2.24) is 4.90 Å². The molecule has 0 aromatic heterocycles. The van der Waals surface area contributed by atoms with Crippen molar-refractivity contribution in [1.29, 1.82) is 0 Å².